The van der Waals surface area contributed by atoms with Crippen LogP contribution in [0, 0.1) is 0 Å². The van der Waals surface area contributed by atoms with Crippen LogP contribution in [0.3, 0.4) is 0 Å². The van der Waals surface area contributed by atoms with E-state index < -0.39 is 0 Å². The van der Waals surface area contributed by atoms with E-state index in [2.05, 4.69) is 59.9 Å². The number of benzene rings is 2. The van der Waals surface area contributed by atoms with Crippen LogP contribution in [-0.2, 0) is 0 Å². The topological polar surface area (TPSA) is 61.3 Å². The predicted molar refractivity (Wildman–Crippen MR) is 104 cm³/mol. The normalized spacial score (nSPS) is 18.6. The maximum Gasteiger partial charge on any atom is 0.151 e. The molecule has 2 aromatic carbocycles. The zero-order valence-electron chi connectivity index (χ0n) is 11.7. The van der Waals surface area contributed by atoms with Gasteiger partial charge in [-0.1, -0.05) is 24.3 Å². The zero-order valence-corrected chi connectivity index (χ0v) is 16.5. The van der Waals surface area contributed by atoms with E-state index in [4.69, 9.17) is 16.2 Å². The third kappa shape index (κ3) is 2.23. The fraction of sp³-hybridized carbons (Fsp3) is 0.0588. The van der Waals surface area contributed by atoms with E-state index in [-0.39, 0.29) is 6.04 Å². The van der Waals surface area contributed by atoms with Gasteiger partial charge in [-0.25, -0.2) is 0 Å². The van der Waals surface area contributed by atoms with Gasteiger partial charge in [0.25, 0.3) is 0 Å². The Morgan fingerprint density at radius 1 is 1.09 bits per heavy atom. The highest BCUT2D eigenvalue weighted by atomic mass is 79.9. The Bertz CT molecular complexity index is 918. The number of ether oxygens (including phenoxy) is 1. The summed E-state index contributed by atoms with van der Waals surface area (Å²) < 4.78 is 8.58. The SMILES string of the molecule is Nc1c(Br)cc2c(c1Br)OC1=C(Br)C(N)c3ccccc3C1=C2. The molecule has 3 nitrogen and oxygen atoms in total. The molecule has 0 saturated carbocycles. The Balaban J connectivity index is 2.03. The summed E-state index contributed by atoms with van der Waals surface area (Å²) in [5, 5.41) is 0. The van der Waals surface area contributed by atoms with E-state index in [1.807, 2.05) is 24.3 Å². The molecule has 6 heteroatoms. The van der Waals surface area contributed by atoms with Crippen molar-refractivity contribution in [3.63, 3.8) is 0 Å². The van der Waals surface area contributed by atoms with Gasteiger partial charge in [-0.2, -0.15) is 0 Å². The van der Waals surface area contributed by atoms with Gasteiger partial charge >= 0.3 is 0 Å². The maximum absolute atomic E-state index is 6.35. The minimum absolute atomic E-state index is 0.244. The number of fused-ring (bicyclic) bond motifs is 4. The molecule has 1 heterocycles. The molecule has 1 atom stereocenters. The molecular weight excluding hydrogens is 488 g/mol. The Morgan fingerprint density at radius 2 is 1.83 bits per heavy atom. The van der Waals surface area contributed by atoms with E-state index in [1.165, 1.54) is 0 Å². The van der Waals surface area contributed by atoms with Crippen LogP contribution in [0.4, 0.5) is 5.69 Å². The summed E-state index contributed by atoms with van der Waals surface area (Å²) in [7, 11) is 0. The van der Waals surface area contributed by atoms with Crippen molar-refractivity contribution in [3.8, 4) is 5.75 Å². The summed E-state index contributed by atoms with van der Waals surface area (Å²) in [6.45, 7) is 0. The Kier molecular flexibility index (Phi) is 3.68. The number of nitrogen functional groups attached to an aromatic ring is 1. The largest absolute Gasteiger partial charge is 0.454 e. The monoisotopic (exact) mass is 496 g/mol. The third-order valence-corrected chi connectivity index (χ3v) is 6.36. The van der Waals surface area contributed by atoms with Crippen molar-refractivity contribution >= 4 is 65.1 Å². The number of anilines is 1. The molecule has 1 aliphatic heterocycles. The van der Waals surface area contributed by atoms with Crippen LogP contribution in [0.5, 0.6) is 5.75 Å². The number of halogens is 3. The summed E-state index contributed by atoms with van der Waals surface area (Å²) in [6, 6.07) is 9.83. The van der Waals surface area contributed by atoms with Gasteiger partial charge in [0.15, 0.2) is 5.75 Å². The highest BCUT2D eigenvalue weighted by molar-refractivity contribution is 9.12. The Labute approximate surface area is 158 Å². The molecule has 1 unspecified atom stereocenters. The van der Waals surface area contributed by atoms with Crippen molar-refractivity contribution in [1.82, 2.24) is 0 Å². The molecule has 0 radical (unpaired) electrons. The van der Waals surface area contributed by atoms with E-state index in [0.29, 0.717) is 11.4 Å². The van der Waals surface area contributed by atoms with Crippen LogP contribution in [0.2, 0.25) is 0 Å². The number of nitrogens with two attached hydrogens (primary N) is 2. The summed E-state index contributed by atoms with van der Waals surface area (Å²) in [5.74, 6) is 1.44. The molecule has 2 aromatic rings. The Morgan fingerprint density at radius 3 is 2.61 bits per heavy atom. The van der Waals surface area contributed by atoms with E-state index in [9.17, 15) is 0 Å². The Hall–Kier alpha value is -1.08. The van der Waals surface area contributed by atoms with Gasteiger partial charge in [0.2, 0.25) is 0 Å². The first-order chi connectivity index (χ1) is 11.0. The van der Waals surface area contributed by atoms with Crippen molar-refractivity contribution in [2.24, 2.45) is 5.73 Å². The zero-order chi connectivity index (χ0) is 16.3. The van der Waals surface area contributed by atoms with E-state index in [1.54, 1.807) is 0 Å². The van der Waals surface area contributed by atoms with Crippen LogP contribution in [-0.4, -0.2) is 0 Å². The highest BCUT2D eigenvalue weighted by Crippen LogP contribution is 2.50. The second kappa shape index (κ2) is 5.48. The molecule has 2 aliphatic rings. The summed E-state index contributed by atoms with van der Waals surface area (Å²) in [4.78, 5) is 0. The molecule has 4 rings (SSSR count). The number of hydrogen-bond donors (Lipinski definition) is 2. The van der Waals surface area contributed by atoms with Crippen LogP contribution < -0.4 is 16.2 Å². The molecule has 0 bridgehead atoms. The lowest BCUT2D eigenvalue weighted by atomic mass is 9.86. The first-order valence-corrected chi connectivity index (χ1v) is 9.29. The molecule has 0 spiro atoms. The smallest absolute Gasteiger partial charge is 0.151 e. The molecule has 0 aromatic heterocycles. The average molecular weight is 499 g/mol. The lowest BCUT2D eigenvalue weighted by Crippen LogP contribution is -2.22. The summed E-state index contributed by atoms with van der Waals surface area (Å²) in [5.41, 5.74) is 17.2. The van der Waals surface area contributed by atoms with E-state index >= 15 is 0 Å². The second-order valence-electron chi connectivity index (χ2n) is 5.41. The molecule has 116 valence electrons. The van der Waals surface area contributed by atoms with Crippen molar-refractivity contribution in [2.45, 2.75) is 6.04 Å². The molecule has 0 amide bonds. The van der Waals surface area contributed by atoms with Gasteiger partial charge < -0.3 is 16.2 Å². The molecule has 4 N–H and O–H groups in total. The highest BCUT2D eigenvalue weighted by Gasteiger charge is 2.32. The fourth-order valence-corrected chi connectivity index (χ4v) is 4.67. The standard InChI is InChI=1S/C17H11Br3N2O/c18-11-6-7-5-10-8-3-1-2-4-9(8)14(21)12(19)17(10)23-16(7)13(20)15(11)22/h1-6,14H,21-22H2. The van der Waals surface area contributed by atoms with Crippen LogP contribution >= 0.6 is 47.8 Å². The summed E-state index contributed by atoms with van der Waals surface area (Å²) >= 11 is 10.6. The fourth-order valence-electron chi connectivity index (χ4n) is 2.89. The van der Waals surface area contributed by atoms with Gasteiger partial charge in [-0.15, -0.1) is 0 Å². The van der Waals surface area contributed by atoms with Crippen molar-refractivity contribution < 1.29 is 4.74 Å². The van der Waals surface area contributed by atoms with Gasteiger partial charge in [-0.05, 0) is 71.1 Å². The molecule has 1 aliphatic carbocycles. The van der Waals surface area contributed by atoms with E-state index in [0.717, 1.165) is 41.5 Å². The second-order valence-corrected chi connectivity index (χ2v) is 7.91. The average Bonchev–Trinajstić information content (AvgIpc) is 2.57. The minimum atomic E-state index is -0.244. The number of hydrogen-bond acceptors (Lipinski definition) is 3. The van der Waals surface area contributed by atoms with Gasteiger partial charge in [0.1, 0.15) is 5.76 Å². The number of allylic oxidation sites excluding steroid dienone is 1. The van der Waals surface area contributed by atoms with Crippen molar-refractivity contribution in [3.05, 3.63) is 66.2 Å². The van der Waals surface area contributed by atoms with Gasteiger partial charge in [0, 0.05) is 15.6 Å². The summed E-state index contributed by atoms with van der Waals surface area (Å²) in [6.07, 6.45) is 2.11. The number of rotatable bonds is 0. The van der Waals surface area contributed by atoms with Gasteiger partial charge in [0.05, 0.1) is 20.7 Å². The van der Waals surface area contributed by atoms with Crippen LogP contribution in [0.25, 0.3) is 11.6 Å². The predicted octanol–water partition coefficient (Wildman–Crippen LogP) is 5.35. The minimum Gasteiger partial charge on any atom is -0.454 e. The lowest BCUT2D eigenvalue weighted by molar-refractivity contribution is 0.434. The van der Waals surface area contributed by atoms with Gasteiger partial charge in [-0.3, -0.25) is 0 Å². The molecule has 0 saturated heterocycles. The van der Waals surface area contributed by atoms with Crippen molar-refractivity contribution in [1.29, 1.82) is 0 Å². The first kappa shape index (κ1) is 15.4. The maximum atomic E-state index is 6.35. The quantitative estimate of drug-likeness (QED) is 0.481. The van der Waals surface area contributed by atoms with Crippen LogP contribution in [0.1, 0.15) is 22.7 Å². The molecule has 0 fully saturated rings. The molecule has 23 heavy (non-hydrogen) atoms. The van der Waals surface area contributed by atoms with Crippen LogP contribution in [0.15, 0.2) is 49.5 Å². The third-order valence-electron chi connectivity index (χ3n) is 4.06. The first-order valence-electron chi connectivity index (χ1n) is 6.91. The van der Waals surface area contributed by atoms with Crippen molar-refractivity contribution in [2.75, 3.05) is 5.73 Å². The lowest BCUT2D eigenvalue weighted by Gasteiger charge is -2.31. The molecular formula is C17H11Br3N2O.